The number of carbonyl (C=O) groups is 3. The number of benzene rings is 2. The highest BCUT2D eigenvalue weighted by Crippen LogP contribution is 2.19. The minimum Gasteiger partial charge on any atom is -0.465 e. The predicted octanol–water partition coefficient (Wildman–Crippen LogP) is 3.02. The van der Waals surface area contributed by atoms with E-state index in [1.54, 1.807) is 17.5 Å². The number of fused-ring (bicyclic) bond motifs is 1. The summed E-state index contributed by atoms with van der Waals surface area (Å²) in [6.45, 7) is 0.613. The molecule has 154 valence electrons. The maximum absolute atomic E-state index is 13.0. The molecule has 1 saturated heterocycles. The van der Waals surface area contributed by atoms with Crippen LogP contribution in [0.5, 0.6) is 0 Å². The Balaban J connectivity index is 1.49. The molecule has 3 amide bonds. The summed E-state index contributed by atoms with van der Waals surface area (Å²) in [6.07, 6.45) is -1.09. The SMILES string of the molecule is O=C(NCc1ccc2ccccc2c1)C1CN(C(=O)O)CCN1C(=O)c1cccs1. The summed E-state index contributed by atoms with van der Waals surface area (Å²) >= 11 is 1.30. The van der Waals surface area contributed by atoms with E-state index in [0.29, 0.717) is 11.4 Å². The number of hydrogen-bond acceptors (Lipinski definition) is 4. The number of piperazine rings is 1. The van der Waals surface area contributed by atoms with Gasteiger partial charge in [0.25, 0.3) is 5.91 Å². The van der Waals surface area contributed by atoms with Crippen LogP contribution in [-0.2, 0) is 11.3 Å². The Labute approximate surface area is 177 Å². The van der Waals surface area contributed by atoms with Gasteiger partial charge in [-0.15, -0.1) is 11.3 Å². The summed E-state index contributed by atoms with van der Waals surface area (Å²) in [5.74, 6) is -0.611. The average Bonchev–Trinajstić information content (AvgIpc) is 3.31. The van der Waals surface area contributed by atoms with Crippen molar-refractivity contribution >= 4 is 40.0 Å². The molecule has 0 radical (unpaired) electrons. The van der Waals surface area contributed by atoms with Gasteiger partial charge in [-0.25, -0.2) is 4.79 Å². The van der Waals surface area contributed by atoms with E-state index in [2.05, 4.69) is 5.32 Å². The Morgan fingerprint density at radius 2 is 1.83 bits per heavy atom. The molecule has 2 aromatic carbocycles. The van der Waals surface area contributed by atoms with E-state index in [0.717, 1.165) is 16.3 Å². The van der Waals surface area contributed by atoms with Gasteiger partial charge in [0.15, 0.2) is 0 Å². The minimum absolute atomic E-state index is 0.0456. The van der Waals surface area contributed by atoms with Crippen LogP contribution in [0.25, 0.3) is 10.8 Å². The topological polar surface area (TPSA) is 89.9 Å². The predicted molar refractivity (Wildman–Crippen MR) is 115 cm³/mol. The molecule has 1 atom stereocenters. The van der Waals surface area contributed by atoms with Gasteiger partial charge in [0, 0.05) is 19.6 Å². The Bertz CT molecular complexity index is 1080. The molecule has 2 N–H and O–H groups in total. The fraction of sp³-hybridized carbons (Fsp3) is 0.227. The maximum Gasteiger partial charge on any atom is 0.407 e. The third kappa shape index (κ3) is 4.13. The van der Waals surface area contributed by atoms with Gasteiger partial charge in [0.1, 0.15) is 6.04 Å². The van der Waals surface area contributed by atoms with Crippen molar-refractivity contribution in [3.05, 3.63) is 70.4 Å². The van der Waals surface area contributed by atoms with Crippen molar-refractivity contribution < 1.29 is 19.5 Å². The van der Waals surface area contributed by atoms with Gasteiger partial charge in [0.2, 0.25) is 5.91 Å². The van der Waals surface area contributed by atoms with Crippen molar-refractivity contribution in [2.45, 2.75) is 12.6 Å². The first-order valence-corrected chi connectivity index (χ1v) is 10.5. The molecule has 30 heavy (non-hydrogen) atoms. The van der Waals surface area contributed by atoms with Crippen LogP contribution >= 0.6 is 11.3 Å². The first-order chi connectivity index (χ1) is 14.5. The second kappa shape index (κ2) is 8.54. The molecule has 1 fully saturated rings. The Morgan fingerprint density at radius 3 is 2.57 bits per heavy atom. The molecule has 0 spiro atoms. The van der Waals surface area contributed by atoms with Crippen molar-refractivity contribution in [3.8, 4) is 0 Å². The number of amides is 3. The molecule has 0 aliphatic carbocycles. The molecule has 0 bridgehead atoms. The van der Waals surface area contributed by atoms with Crippen molar-refractivity contribution in [2.24, 2.45) is 0 Å². The highest BCUT2D eigenvalue weighted by atomic mass is 32.1. The van der Waals surface area contributed by atoms with Crippen LogP contribution in [0.4, 0.5) is 4.79 Å². The molecule has 1 aromatic heterocycles. The van der Waals surface area contributed by atoms with Gasteiger partial charge in [0.05, 0.1) is 11.4 Å². The van der Waals surface area contributed by atoms with Crippen molar-refractivity contribution in [3.63, 3.8) is 0 Å². The number of carboxylic acid groups (broad SMARTS) is 1. The van der Waals surface area contributed by atoms with Crippen LogP contribution in [0.15, 0.2) is 60.0 Å². The van der Waals surface area contributed by atoms with Crippen LogP contribution in [-0.4, -0.2) is 58.5 Å². The number of carbonyl (C=O) groups excluding carboxylic acids is 2. The first kappa shape index (κ1) is 19.9. The van der Waals surface area contributed by atoms with Crippen molar-refractivity contribution in [1.29, 1.82) is 0 Å². The van der Waals surface area contributed by atoms with E-state index < -0.39 is 12.1 Å². The number of hydrogen-bond donors (Lipinski definition) is 2. The zero-order valence-electron chi connectivity index (χ0n) is 16.2. The number of nitrogens with one attached hydrogen (secondary N) is 1. The summed E-state index contributed by atoms with van der Waals surface area (Å²) in [7, 11) is 0. The molecule has 1 unspecified atom stereocenters. The lowest BCUT2D eigenvalue weighted by molar-refractivity contribution is -0.127. The monoisotopic (exact) mass is 423 g/mol. The van der Waals surface area contributed by atoms with E-state index in [4.69, 9.17) is 0 Å². The summed E-state index contributed by atoms with van der Waals surface area (Å²) in [6, 6.07) is 16.5. The largest absolute Gasteiger partial charge is 0.465 e. The number of rotatable bonds is 4. The zero-order valence-corrected chi connectivity index (χ0v) is 17.0. The number of nitrogens with zero attached hydrogens (tertiary/aromatic N) is 2. The van der Waals surface area contributed by atoms with Gasteiger partial charge >= 0.3 is 6.09 Å². The highest BCUT2D eigenvalue weighted by Gasteiger charge is 2.37. The molecule has 1 aliphatic heterocycles. The van der Waals surface area contributed by atoms with Crippen LogP contribution in [0, 0.1) is 0 Å². The second-order valence-electron chi connectivity index (χ2n) is 7.12. The summed E-state index contributed by atoms with van der Waals surface area (Å²) in [5.41, 5.74) is 0.934. The molecule has 4 rings (SSSR count). The van der Waals surface area contributed by atoms with E-state index in [1.807, 2.05) is 42.5 Å². The van der Waals surface area contributed by atoms with E-state index in [1.165, 1.54) is 21.1 Å². The standard InChI is InChI=1S/C22H21N3O4S/c26-20(23-13-15-7-8-16-4-1-2-5-17(16)12-15)18-14-24(22(28)29)9-10-25(18)21(27)19-6-3-11-30-19/h1-8,11-12,18H,9-10,13-14H2,(H,23,26)(H,28,29). The van der Waals surface area contributed by atoms with Crippen LogP contribution < -0.4 is 5.32 Å². The number of thiophene rings is 1. The van der Waals surface area contributed by atoms with E-state index in [-0.39, 0.29) is 31.4 Å². The Morgan fingerprint density at radius 1 is 1.03 bits per heavy atom. The lowest BCUT2D eigenvalue weighted by Crippen LogP contribution is -2.61. The van der Waals surface area contributed by atoms with Gasteiger partial charge in [-0.2, -0.15) is 0 Å². The van der Waals surface area contributed by atoms with E-state index in [9.17, 15) is 19.5 Å². The van der Waals surface area contributed by atoms with Crippen LogP contribution in [0.2, 0.25) is 0 Å². The van der Waals surface area contributed by atoms with Gasteiger partial charge in [-0.05, 0) is 33.8 Å². The maximum atomic E-state index is 13.0. The summed E-state index contributed by atoms with van der Waals surface area (Å²) in [4.78, 5) is 40.4. The molecule has 3 aromatic rings. The van der Waals surface area contributed by atoms with Gasteiger partial charge < -0.3 is 20.2 Å². The fourth-order valence-electron chi connectivity index (χ4n) is 3.62. The van der Waals surface area contributed by atoms with Gasteiger partial charge in [-0.1, -0.05) is 42.5 Å². The highest BCUT2D eigenvalue weighted by molar-refractivity contribution is 7.12. The van der Waals surface area contributed by atoms with Crippen molar-refractivity contribution in [2.75, 3.05) is 19.6 Å². The Kier molecular flexibility index (Phi) is 5.67. The van der Waals surface area contributed by atoms with Crippen molar-refractivity contribution in [1.82, 2.24) is 15.1 Å². The molecule has 0 saturated carbocycles. The molecular weight excluding hydrogens is 402 g/mol. The quantitative estimate of drug-likeness (QED) is 0.675. The lowest BCUT2D eigenvalue weighted by atomic mass is 10.1. The van der Waals surface area contributed by atoms with E-state index >= 15 is 0 Å². The zero-order chi connectivity index (χ0) is 21.1. The molecule has 8 heteroatoms. The van der Waals surface area contributed by atoms with Gasteiger partial charge in [-0.3, -0.25) is 9.59 Å². The average molecular weight is 423 g/mol. The van der Waals surface area contributed by atoms with Crippen LogP contribution in [0.1, 0.15) is 15.2 Å². The fourth-order valence-corrected chi connectivity index (χ4v) is 4.30. The first-order valence-electron chi connectivity index (χ1n) is 9.60. The third-order valence-corrected chi connectivity index (χ3v) is 6.08. The lowest BCUT2D eigenvalue weighted by Gasteiger charge is -2.39. The molecular formula is C22H21N3O4S. The van der Waals surface area contributed by atoms with Crippen LogP contribution in [0.3, 0.4) is 0 Å². The molecule has 7 nitrogen and oxygen atoms in total. The minimum atomic E-state index is -1.09. The Hall–Kier alpha value is -3.39. The second-order valence-corrected chi connectivity index (χ2v) is 8.07. The molecule has 1 aliphatic rings. The summed E-state index contributed by atoms with van der Waals surface area (Å²) in [5, 5.41) is 16.2. The summed E-state index contributed by atoms with van der Waals surface area (Å²) < 4.78 is 0. The third-order valence-electron chi connectivity index (χ3n) is 5.23. The molecule has 2 heterocycles. The smallest absolute Gasteiger partial charge is 0.407 e. The normalized spacial score (nSPS) is 16.5.